The molecule has 0 atom stereocenters. The third-order valence-corrected chi connectivity index (χ3v) is 3.12. The van der Waals surface area contributed by atoms with Crippen molar-refractivity contribution in [1.29, 1.82) is 0 Å². The Morgan fingerprint density at radius 2 is 2.05 bits per heavy atom. The van der Waals surface area contributed by atoms with E-state index < -0.39 is 0 Å². The largest absolute Gasteiger partial charge is 0.383 e. The second-order valence-electron chi connectivity index (χ2n) is 4.52. The van der Waals surface area contributed by atoms with Crippen LogP contribution in [0.5, 0.6) is 0 Å². The molecule has 0 amide bonds. The van der Waals surface area contributed by atoms with Gasteiger partial charge in [0, 0.05) is 45.4 Å². The predicted molar refractivity (Wildman–Crippen MR) is 79.8 cm³/mol. The minimum absolute atomic E-state index is 0.746. The van der Waals surface area contributed by atoms with Crippen LogP contribution in [0, 0.1) is 0 Å². The summed E-state index contributed by atoms with van der Waals surface area (Å²) in [6.45, 7) is 3.47. The molecule has 0 saturated heterocycles. The maximum absolute atomic E-state index is 5.00. The number of benzene rings is 1. The number of fused-ring (bicyclic) bond motifs is 1. The number of ether oxygens (including phenoxy) is 1. The molecule has 1 aromatic carbocycles. The Bertz CT molecular complexity index is 510. The molecule has 0 saturated carbocycles. The average Bonchev–Trinajstić information content (AvgIpc) is 2.46. The Morgan fingerprint density at radius 3 is 2.89 bits per heavy atom. The smallest absolute Gasteiger partial charge is 0.136 e. The molecule has 0 aliphatic carbocycles. The van der Waals surface area contributed by atoms with E-state index in [1.54, 1.807) is 7.11 Å². The van der Waals surface area contributed by atoms with Gasteiger partial charge in [-0.1, -0.05) is 24.3 Å². The lowest BCUT2D eigenvalue weighted by molar-refractivity contribution is 0.200. The van der Waals surface area contributed by atoms with Crippen LogP contribution in [0.15, 0.2) is 36.5 Å². The fourth-order valence-corrected chi connectivity index (χ4v) is 2.06. The molecule has 19 heavy (non-hydrogen) atoms. The van der Waals surface area contributed by atoms with Crippen LogP contribution in [-0.2, 0) is 4.74 Å². The van der Waals surface area contributed by atoms with E-state index in [4.69, 9.17) is 4.74 Å². The van der Waals surface area contributed by atoms with Crippen molar-refractivity contribution in [3.63, 3.8) is 0 Å². The molecule has 0 aliphatic rings. The van der Waals surface area contributed by atoms with Crippen molar-refractivity contribution in [2.45, 2.75) is 0 Å². The zero-order valence-corrected chi connectivity index (χ0v) is 11.6. The molecule has 0 unspecified atom stereocenters. The van der Waals surface area contributed by atoms with Crippen molar-refractivity contribution in [3.05, 3.63) is 36.5 Å². The number of likely N-dealkylation sites (N-methyl/N-ethyl adjacent to an activating group) is 1. The van der Waals surface area contributed by atoms with Crippen LogP contribution in [-0.4, -0.2) is 45.4 Å². The van der Waals surface area contributed by atoms with Gasteiger partial charge in [-0.05, 0) is 11.5 Å². The summed E-state index contributed by atoms with van der Waals surface area (Å²) in [6.07, 6.45) is 1.87. The van der Waals surface area contributed by atoms with E-state index >= 15 is 0 Å². The molecule has 0 bridgehead atoms. The van der Waals surface area contributed by atoms with Crippen LogP contribution in [0.1, 0.15) is 0 Å². The lowest BCUT2D eigenvalue weighted by Gasteiger charge is -2.20. The first kappa shape index (κ1) is 13.8. The van der Waals surface area contributed by atoms with Crippen LogP contribution < -0.4 is 10.2 Å². The quantitative estimate of drug-likeness (QED) is 0.771. The molecule has 4 nitrogen and oxygen atoms in total. The molecule has 0 aliphatic heterocycles. The summed E-state index contributed by atoms with van der Waals surface area (Å²) in [6, 6.07) is 10.4. The van der Waals surface area contributed by atoms with E-state index in [0.717, 1.165) is 32.1 Å². The second kappa shape index (κ2) is 7.07. The van der Waals surface area contributed by atoms with Crippen LogP contribution in [0.3, 0.4) is 0 Å². The number of aromatic nitrogens is 1. The summed E-state index contributed by atoms with van der Waals surface area (Å²) in [5, 5.41) is 5.77. The molecule has 4 heteroatoms. The summed E-state index contributed by atoms with van der Waals surface area (Å²) in [5.41, 5.74) is 0. The number of nitrogens with zero attached hydrogens (tertiary/aromatic N) is 2. The number of anilines is 1. The number of hydrogen-bond acceptors (Lipinski definition) is 4. The zero-order valence-electron chi connectivity index (χ0n) is 11.6. The van der Waals surface area contributed by atoms with Crippen molar-refractivity contribution < 1.29 is 4.74 Å². The number of pyridine rings is 1. The first-order chi connectivity index (χ1) is 9.33. The van der Waals surface area contributed by atoms with Crippen molar-refractivity contribution in [1.82, 2.24) is 10.3 Å². The lowest BCUT2D eigenvalue weighted by atomic mass is 10.1. The van der Waals surface area contributed by atoms with E-state index in [9.17, 15) is 0 Å². The van der Waals surface area contributed by atoms with Gasteiger partial charge in [0.25, 0.3) is 0 Å². The van der Waals surface area contributed by atoms with E-state index in [0.29, 0.717) is 0 Å². The fourth-order valence-electron chi connectivity index (χ4n) is 2.06. The zero-order chi connectivity index (χ0) is 13.5. The highest BCUT2D eigenvalue weighted by Gasteiger charge is 2.06. The summed E-state index contributed by atoms with van der Waals surface area (Å²) in [4.78, 5) is 6.68. The van der Waals surface area contributed by atoms with Gasteiger partial charge >= 0.3 is 0 Å². The highest BCUT2D eigenvalue weighted by molar-refractivity contribution is 5.91. The maximum Gasteiger partial charge on any atom is 0.136 e. The van der Waals surface area contributed by atoms with Crippen molar-refractivity contribution in [3.8, 4) is 0 Å². The molecule has 1 heterocycles. The third-order valence-electron chi connectivity index (χ3n) is 3.12. The van der Waals surface area contributed by atoms with Gasteiger partial charge in [0.2, 0.25) is 0 Å². The Morgan fingerprint density at radius 1 is 1.21 bits per heavy atom. The van der Waals surface area contributed by atoms with Gasteiger partial charge in [-0.2, -0.15) is 0 Å². The van der Waals surface area contributed by atoms with Crippen LogP contribution in [0.2, 0.25) is 0 Å². The molecule has 0 radical (unpaired) electrons. The molecule has 2 rings (SSSR count). The number of hydrogen-bond donors (Lipinski definition) is 1. The summed E-state index contributed by atoms with van der Waals surface area (Å²) in [7, 11) is 3.79. The lowest BCUT2D eigenvalue weighted by Crippen LogP contribution is -2.31. The molecular formula is C15H21N3O. The second-order valence-corrected chi connectivity index (χ2v) is 4.52. The average molecular weight is 259 g/mol. The highest BCUT2D eigenvalue weighted by Crippen LogP contribution is 2.22. The molecule has 1 aromatic heterocycles. The highest BCUT2D eigenvalue weighted by atomic mass is 16.5. The van der Waals surface area contributed by atoms with Gasteiger partial charge in [-0.25, -0.2) is 4.98 Å². The van der Waals surface area contributed by atoms with Crippen LogP contribution in [0.4, 0.5) is 5.82 Å². The Balaban J connectivity index is 1.99. The van der Waals surface area contributed by atoms with Gasteiger partial charge in [0.1, 0.15) is 5.82 Å². The minimum Gasteiger partial charge on any atom is -0.383 e. The minimum atomic E-state index is 0.746. The van der Waals surface area contributed by atoms with Crippen molar-refractivity contribution >= 4 is 16.6 Å². The third kappa shape index (κ3) is 3.66. The Kier molecular flexibility index (Phi) is 5.12. The Hall–Kier alpha value is -1.65. The molecule has 102 valence electrons. The summed E-state index contributed by atoms with van der Waals surface area (Å²) < 4.78 is 5.00. The van der Waals surface area contributed by atoms with Gasteiger partial charge in [0.15, 0.2) is 0 Å². The standard InChI is InChI=1S/C15H21N3O/c1-18(11-9-16-10-12-19-2)15-14-6-4-3-5-13(14)7-8-17-15/h3-8,16H,9-12H2,1-2H3. The summed E-state index contributed by atoms with van der Waals surface area (Å²) in [5.74, 6) is 1.03. The van der Waals surface area contributed by atoms with E-state index in [-0.39, 0.29) is 0 Å². The van der Waals surface area contributed by atoms with Gasteiger partial charge in [0.05, 0.1) is 6.61 Å². The van der Waals surface area contributed by atoms with Gasteiger partial charge in [-0.3, -0.25) is 0 Å². The molecule has 1 N–H and O–H groups in total. The maximum atomic E-state index is 5.00. The normalized spacial score (nSPS) is 10.8. The van der Waals surface area contributed by atoms with Gasteiger partial charge in [-0.15, -0.1) is 0 Å². The molecule has 0 spiro atoms. The van der Waals surface area contributed by atoms with Crippen molar-refractivity contribution in [2.75, 3.05) is 45.3 Å². The van der Waals surface area contributed by atoms with Gasteiger partial charge < -0.3 is 15.0 Å². The van der Waals surface area contributed by atoms with Crippen LogP contribution >= 0.6 is 0 Å². The Labute approximate surface area is 114 Å². The topological polar surface area (TPSA) is 37.4 Å². The first-order valence-corrected chi connectivity index (χ1v) is 6.57. The number of nitrogens with one attached hydrogen (secondary N) is 1. The number of rotatable bonds is 7. The predicted octanol–water partition coefficient (Wildman–Crippen LogP) is 1.91. The van der Waals surface area contributed by atoms with E-state index in [1.807, 2.05) is 12.3 Å². The monoisotopic (exact) mass is 259 g/mol. The van der Waals surface area contributed by atoms with E-state index in [1.165, 1.54) is 10.8 Å². The molecule has 0 fully saturated rings. The van der Waals surface area contributed by atoms with E-state index in [2.05, 4.69) is 46.5 Å². The molecular weight excluding hydrogens is 238 g/mol. The first-order valence-electron chi connectivity index (χ1n) is 6.57. The van der Waals surface area contributed by atoms with Crippen molar-refractivity contribution in [2.24, 2.45) is 0 Å². The number of methoxy groups -OCH3 is 1. The molecule has 2 aromatic rings. The summed E-state index contributed by atoms with van der Waals surface area (Å²) >= 11 is 0. The van der Waals surface area contributed by atoms with Crippen LogP contribution in [0.25, 0.3) is 10.8 Å². The fraction of sp³-hybridized carbons (Fsp3) is 0.400. The SMILES string of the molecule is COCCNCCN(C)c1nccc2ccccc12.